The zero-order valence-electron chi connectivity index (χ0n) is 11.1. The molecule has 0 bridgehead atoms. The maximum Gasteiger partial charge on any atom is 0.313 e. The SMILES string of the molecule is O=C(O)CSc1nncn1CC1CN2CCCC2CO1. The van der Waals surface area contributed by atoms with E-state index in [0.29, 0.717) is 17.7 Å². The number of nitrogens with zero attached hydrogens (tertiary/aromatic N) is 4. The summed E-state index contributed by atoms with van der Waals surface area (Å²) in [5.41, 5.74) is 0. The minimum Gasteiger partial charge on any atom is -0.481 e. The summed E-state index contributed by atoms with van der Waals surface area (Å²) in [4.78, 5) is 13.1. The van der Waals surface area contributed by atoms with E-state index >= 15 is 0 Å². The summed E-state index contributed by atoms with van der Waals surface area (Å²) < 4.78 is 7.79. The first-order valence-corrected chi connectivity index (χ1v) is 7.79. The van der Waals surface area contributed by atoms with Gasteiger partial charge in [-0.15, -0.1) is 10.2 Å². The van der Waals surface area contributed by atoms with Crippen molar-refractivity contribution in [3.63, 3.8) is 0 Å². The molecule has 1 aromatic rings. The summed E-state index contributed by atoms with van der Waals surface area (Å²) in [5, 5.41) is 17.2. The number of morpholine rings is 1. The van der Waals surface area contributed by atoms with Crippen molar-refractivity contribution in [1.82, 2.24) is 19.7 Å². The third-order valence-corrected chi connectivity index (χ3v) is 4.73. The molecule has 20 heavy (non-hydrogen) atoms. The van der Waals surface area contributed by atoms with E-state index in [1.807, 2.05) is 4.57 Å². The molecule has 0 aromatic carbocycles. The first kappa shape index (κ1) is 13.8. The summed E-state index contributed by atoms with van der Waals surface area (Å²) in [6, 6.07) is 0.591. The number of fused-ring (bicyclic) bond motifs is 1. The Morgan fingerprint density at radius 3 is 3.35 bits per heavy atom. The molecule has 2 unspecified atom stereocenters. The predicted octanol–water partition coefficient (Wildman–Crippen LogP) is 0.318. The summed E-state index contributed by atoms with van der Waals surface area (Å²) in [6.45, 7) is 3.57. The zero-order chi connectivity index (χ0) is 13.9. The fraction of sp³-hybridized carbons (Fsp3) is 0.750. The Morgan fingerprint density at radius 1 is 1.60 bits per heavy atom. The Balaban J connectivity index is 1.57. The molecule has 0 spiro atoms. The second kappa shape index (κ2) is 6.11. The minimum absolute atomic E-state index is 0.00157. The van der Waals surface area contributed by atoms with E-state index < -0.39 is 5.97 Å². The number of aliphatic carboxylic acids is 1. The van der Waals surface area contributed by atoms with Crippen LogP contribution in [0.4, 0.5) is 0 Å². The predicted molar refractivity (Wildman–Crippen MR) is 72.7 cm³/mol. The maximum absolute atomic E-state index is 10.6. The van der Waals surface area contributed by atoms with Gasteiger partial charge in [0.2, 0.25) is 0 Å². The molecule has 2 fully saturated rings. The summed E-state index contributed by atoms with van der Waals surface area (Å²) in [5.74, 6) is -0.850. The molecule has 0 radical (unpaired) electrons. The number of thioether (sulfide) groups is 1. The fourth-order valence-corrected chi connectivity index (χ4v) is 3.47. The molecule has 7 nitrogen and oxygen atoms in total. The highest BCUT2D eigenvalue weighted by atomic mass is 32.2. The van der Waals surface area contributed by atoms with Gasteiger partial charge in [-0.25, -0.2) is 0 Å². The Labute approximate surface area is 121 Å². The van der Waals surface area contributed by atoms with E-state index in [-0.39, 0.29) is 11.9 Å². The Bertz CT molecular complexity index is 481. The molecule has 0 saturated carbocycles. The number of ether oxygens (including phenoxy) is 1. The molecule has 8 heteroatoms. The number of aromatic nitrogens is 3. The highest BCUT2D eigenvalue weighted by molar-refractivity contribution is 7.99. The van der Waals surface area contributed by atoms with Crippen molar-refractivity contribution >= 4 is 17.7 Å². The van der Waals surface area contributed by atoms with E-state index in [4.69, 9.17) is 9.84 Å². The van der Waals surface area contributed by atoms with Gasteiger partial charge in [-0.2, -0.15) is 0 Å². The van der Waals surface area contributed by atoms with E-state index in [0.717, 1.165) is 19.7 Å². The lowest BCUT2D eigenvalue weighted by molar-refractivity contribution is -0.133. The molecule has 3 heterocycles. The van der Waals surface area contributed by atoms with Crippen molar-refractivity contribution in [3.05, 3.63) is 6.33 Å². The number of rotatable bonds is 5. The number of carbonyl (C=O) groups is 1. The Morgan fingerprint density at radius 2 is 2.50 bits per heavy atom. The van der Waals surface area contributed by atoms with Gasteiger partial charge in [-0.05, 0) is 19.4 Å². The molecule has 0 aliphatic carbocycles. The number of hydrogen-bond acceptors (Lipinski definition) is 6. The topological polar surface area (TPSA) is 80.5 Å². The zero-order valence-corrected chi connectivity index (χ0v) is 12.0. The number of carboxylic acid groups (broad SMARTS) is 1. The smallest absolute Gasteiger partial charge is 0.313 e. The second-order valence-electron chi connectivity index (χ2n) is 5.19. The molecule has 1 N–H and O–H groups in total. The van der Waals surface area contributed by atoms with E-state index in [1.54, 1.807) is 6.33 Å². The van der Waals surface area contributed by atoms with Gasteiger partial charge in [0.05, 0.1) is 25.0 Å². The molecule has 2 atom stereocenters. The van der Waals surface area contributed by atoms with Gasteiger partial charge in [-0.3, -0.25) is 9.69 Å². The molecular formula is C12H18N4O3S. The summed E-state index contributed by atoms with van der Waals surface area (Å²) in [7, 11) is 0. The standard InChI is InChI=1S/C12H18N4O3S/c17-11(18)7-20-12-14-13-8-16(12)5-10-4-15-3-1-2-9(15)6-19-10/h8-10H,1-7H2,(H,17,18). The Hall–Kier alpha value is -1.12. The average Bonchev–Trinajstić information content (AvgIpc) is 3.04. The van der Waals surface area contributed by atoms with Crippen LogP contribution in [0.5, 0.6) is 0 Å². The van der Waals surface area contributed by atoms with Crippen LogP contribution in [0.3, 0.4) is 0 Å². The largest absolute Gasteiger partial charge is 0.481 e. The van der Waals surface area contributed by atoms with Crippen molar-refractivity contribution in [2.75, 3.05) is 25.4 Å². The van der Waals surface area contributed by atoms with Gasteiger partial charge >= 0.3 is 5.97 Å². The first-order chi connectivity index (χ1) is 9.72. The fourth-order valence-electron chi connectivity index (χ4n) is 2.82. The van der Waals surface area contributed by atoms with Crippen molar-refractivity contribution in [2.24, 2.45) is 0 Å². The highest BCUT2D eigenvalue weighted by Crippen LogP contribution is 2.24. The maximum atomic E-state index is 10.6. The van der Waals surface area contributed by atoms with Crippen LogP contribution < -0.4 is 0 Å². The number of hydrogen-bond donors (Lipinski definition) is 1. The summed E-state index contributed by atoms with van der Waals surface area (Å²) >= 11 is 1.19. The van der Waals surface area contributed by atoms with Crippen LogP contribution in [0.2, 0.25) is 0 Å². The van der Waals surface area contributed by atoms with Gasteiger partial charge in [0.1, 0.15) is 6.33 Å². The van der Waals surface area contributed by atoms with Crippen LogP contribution in [0.25, 0.3) is 0 Å². The van der Waals surface area contributed by atoms with E-state index in [1.165, 1.54) is 24.6 Å². The lowest BCUT2D eigenvalue weighted by Gasteiger charge is -2.35. The number of carboxylic acids is 1. The third-order valence-electron chi connectivity index (χ3n) is 3.77. The molecule has 0 amide bonds. The van der Waals surface area contributed by atoms with E-state index in [2.05, 4.69) is 15.1 Å². The van der Waals surface area contributed by atoms with Crippen LogP contribution in [0.15, 0.2) is 11.5 Å². The van der Waals surface area contributed by atoms with Gasteiger partial charge in [-0.1, -0.05) is 11.8 Å². The molecule has 110 valence electrons. The second-order valence-corrected chi connectivity index (χ2v) is 6.14. The van der Waals surface area contributed by atoms with Crippen molar-refractivity contribution in [2.45, 2.75) is 36.7 Å². The summed E-state index contributed by atoms with van der Waals surface area (Å²) in [6.07, 6.45) is 4.26. The Kier molecular flexibility index (Phi) is 4.23. The third kappa shape index (κ3) is 3.13. The lowest BCUT2D eigenvalue weighted by Crippen LogP contribution is -2.47. The van der Waals surface area contributed by atoms with Gasteiger partial charge < -0.3 is 14.4 Å². The molecular weight excluding hydrogens is 280 g/mol. The molecule has 2 aliphatic rings. The normalized spacial score (nSPS) is 26.6. The molecule has 2 aliphatic heterocycles. The quantitative estimate of drug-likeness (QED) is 0.784. The first-order valence-electron chi connectivity index (χ1n) is 6.80. The van der Waals surface area contributed by atoms with Crippen LogP contribution in [0.1, 0.15) is 12.8 Å². The van der Waals surface area contributed by atoms with Crippen molar-refractivity contribution in [1.29, 1.82) is 0 Å². The molecule has 1 aromatic heterocycles. The van der Waals surface area contributed by atoms with Crippen LogP contribution in [-0.2, 0) is 16.1 Å². The molecule has 2 saturated heterocycles. The van der Waals surface area contributed by atoms with Crippen molar-refractivity contribution in [3.8, 4) is 0 Å². The van der Waals surface area contributed by atoms with Crippen LogP contribution in [-0.4, -0.2) is 68.3 Å². The van der Waals surface area contributed by atoms with Gasteiger partial charge in [0.25, 0.3) is 0 Å². The van der Waals surface area contributed by atoms with Crippen LogP contribution in [0, 0.1) is 0 Å². The highest BCUT2D eigenvalue weighted by Gasteiger charge is 2.32. The average molecular weight is 298 g/mol. The molecule has 3 rings (SSSR count). The monoisotopic (exact) mass is 298 g/mol. The van der Waals surface area contributed by atoms with Crippen molar-refractivity contribution < 1.29 is 14.6 Å². The van der Waals surface area contributed by atoms with Crippen LogP contribution >= 0.6 is 11.8 Å². The van der Waals surface area contributed by atoms with E-state index in [9.17, 15) is 4.79 Å². The van der Waals surface area contributed by atoms with Gasteiger partial charge in [0, 0.05) is 12.6 Å². The minimum atomic E-state index is -0.849. The lowest BCUT2D eigenvalue weighted by atomic mass is 10.2. The van der Waals surface area contributed by atoms with Gasteiger partial charge in [0.15, 0.2) is 5.16 Å².